The molecule has 24 heavy (non-hydrogen) atoms. The van der Waals surface area contributed by atoms with Gasteiger partial charge >= 0.3 is 0 Å². The molecule has 0 heterocycles. The smallest absolute Gasteiger partial charge is 0.200 e. The Morgan fingerprint density at radius 2 is 1.21 bits per heavy atom. The molecule has 146 valence electrons. The molecule has 0 aromatic rings. The average molecular weight is 361 g/mol. The minimum Gasteiger partial charge on any atom is -0.416 e. The summed E-state index contributed by atoms with van der Waals surface area (Å²) in [4.78, 5) is 0. The Balaban J connectivity index is 4.62. The van der Waals surface area contributed by atoms with Crippen LogP contribution in [0.1, 0.15) is 75.2 Å². The second-order valence-electron chi connectivity index (χ2n) is 9.04. The molecule has 4 atom stereocenters. The summed E-state index contributed by atoms with van der Waals surface area (Å²) in [5, 5.41) is 19.2. The van der Waals surface area contributed by atoms with Crippen LogP contribution < -0.4 is 0 Å². The number of aliphatic hydroxyl groups excluding tert-OH is 2. The molecular formula is C20H44O3Si. The molecule has 3 nitrogen and oxygen atoms in total. The van der Waals surface area contributed by atoms with Crippen molar-refractivity contribution in [3.8, 4) is 0 Å². The molecule has 0 aliphatic heterocycles. The molecule has 0 fully saturated rings. The van der Waals surface area contributed by atoms with Gasteiger partial charge in [-0.1, -0.05) is 62.3 Å². The Morgan fingerprint density at radius 3 is 1.58 bits per heavy atom. The zero-order valence-electron chi connectivity index (χ0n) is 17.7. The van der Waals surface area contributed by atoms with Crippen molar-refractivity contribution in [2.75, 3.05) is 13.2 Å². The molecule has 2 N–H and O–H groups in total. The lowest BCUT2D eigenvalue weighted by molar-refractivity contribution is 0.0551. The van der Waals surface area contributed by atoms with Crippen molar-refractivity contribution in [1.82, 2.24) is 0 Å². The summed E-state index contributed by atoms with van der Waals surface area (Å²) in [6, 6.07) is 0. The molecule has 0 aromatic heterocycles. The van der Waals surface area contributed by atoms with Gasteiger partial charge in [-0.25, -0.2) is 0 Å². The molecule has 0 rings (SSSR count). The van der Waals surface area contributed by atoms with Gasteiger partial charge < -0.3 is 14.6 Å². The molecule has 4 heteroatoms. The van der Waals surface area contributed by atoms with E-state index >= 15 is 0 Å². The summed E-state index contributed by atoms with van der Waals surface area (Å²) in [5.74, 6) is 0.905. The van der Waals surface area contributed by atoms with E-state index in [0.29, 0.717) is 28.5 Å². The number of aliphatic hydroxyl groups is 2. The summed E-state index contributed by atoms with van der Waals surface area (Å²) >= 11 is 0. The van der Waals surface area contributed by atoms with E-state index in [1.807, 2.05) is 6.92 Å². The first kappa shape index (κ1) is 24.1. The average Bonchev–Trinajstić information content (AvgIpc) is 2.45. The van der Waals surface area contributed by atoms with Crippen LogP contribution in [0, 0.1) is 17.8 Å². The zero-order chi connectivity index (χ0) is 19.1. The van der Waals surface area contributed by atoms with Crippen molar-refractivity contribution in [3.63, 3.8) is 0 Å². The maximum atomic E-state index is 10.1. The van der Waals surface area contributed by atoms with E-state index in [1.54, 1.807) is 0 Å². The molecular weight excluding hydrogens is 316 g/mol. The van der Waals surface area contributed by atoms with E-state index in [1.165, 1.54) is 0 Å². The van der Waals surface area contributed by atoms with Gasteiger partial charge in [0.25, 0.3) is 0 Å². The largest absolute Gasteiger partial charge is 0.416 e. The summed E-state index contributed by atoms with van der Waals surface area (Å²) in [7, 11) is -1.78. The Hall–Kier alpha value is 0.0969. The Labute approximate surface area is 152 Å². The van der Waals surface area contributed by atoms with Crippen LogP contribution in [0.25, 0.3) is 0 Å². The van der Waals surface area contributed by atoms with Gasteiger partial charge in [-0.2, -0.15) is 0 Å². The normalized spacial score (nSPS) is 18.2. The fraction of sp³-hybridized carbons (Fsp3) is 1.00. The fourth-order valence-corrected chi connectivity index (χ4v) is 9.98. The quantitative estimate of drug-likeness (QED) is 0.469. The molecule has 0 aliphatic carbocycles. The molecule has 0 unspecified atom stereocenters. The van der Waals surface area contributed by atoms with Crippen molar-refractivity contribution in [1.29, 1.82) is 0 Å². The van der Waals surface area contributed by atoms with Crippen LogP contribution in [-0.4, -0.2) is 37.8 Å². The monoisotopic (exact) mass is 360 g/mol. The van der Waals surface area contributed by atoms with Gasteiger partial charge in [0.2, 0.25) is 0 Å². The Morgan fingerprint density at radius 1 is 0.750 bits per heavy atom. The third-order valence-electron chi connectivity index (χ3n) is 5.72. The van der Waals surface area contributed by atoms with Crippen LogP contribution in [0.3, 0.4) is 0 Å². The van der Waals surface area contributed by atoms with Crippen LogP contribution in [-0.2, 0) is 4.43 Å². The van der Waals surface area contributed by atoms with Crippen LogP contribution in [0.5, 0.6) is 0 Å². The van der Waals surface area contributed by atoms with E-state index in [9.17, 15) is 5.11 Å². The van der Waals surface area contributed by atoms with Gasteiger partial charge in [-0.05, 0) is 41.3 Å². The van der Waals surface area contributed by atoms with Gasteiger partial charge in [0, 0.05) is 19.1 Å². The van der Waals surface area contributed by atoms with Crippen molar-refractivity contribution in [3.05, 3.63) is 0 Å². The minimum absolute atomic E-state index is 0.0399. The summed E-state index contributed by atoms with van der Waals surface area (Å²) in [5.41, 5.74) is 1.86. The number of hydrogen-bond donors (Lipinski definition) is 2. The Kier molecular flexibility index (Phi) is 11.0. The van der Waals surface area contributed by atoms with Crippen molar-refractivity contribution < 1.29 is 14.6 Å². The minimum atomic E-state index is -1.78. The maximum Gasteiger partial charge on any atom is 0.200 e. The van der Waals surface area contributed by atoms with Crippen molar-refractivity contribution in [2.45, 2.75) is 97.9 Å². The fourth-order valence-electron chi connectivity index (χ4n) is 4.40. The van der Waals surface area contributed by atoms with Crippen LogP contribution in [0.15, 0.2) is 0 Å². The van der Waals surface area contributed by atoms with E-state index in [4.69, 9.17) is 9.53 Å². The molecule has 0 bridgehead atoms. The lowest BCUT2D eigenvalue weighted by Crippen LogP contribution is -2.48. The molecule has 0 saturated carbocycles. The summed E-state index contributed by atoms with van der Waals surface area (Å²) in [6.07, 6.45) is 1.41. The van der Waals surface area contributed by atoms with Gasteiger partial charge in [-0.15, -0.1) is 0 Å². The highest BCUT2D eigenvalue weighted by Gasteiger charge is 2.45. The van der Waals surface area contributed by atoms with Crippen LogP contribution >= 0.6 is 0 Å². The number of hydrogen-bond acceptors (Lipinski definition) is 3. The Bertz CT molecular complexity index is 309. The number of rotatable bonds is 12. The van der Waals surface area contributed by atoms with Gasteiger partial charge in [0.05, 0.1) is 6.10 Å². The molecule has 0 spiro atoms. The highest BCUT2D eigenvalue weighted by molar-refractivity contribution is 6.77. The van der Waals surface area contributed by atoms with Gasteiger partial charge in [0.1, 0.15) is 0 Å². The predicted molar refractivity (Wildman–Crippen MR) is 107 cm³/mol. The highest BCUT2D eigenvalue weighted by Crippen LogP contribution is 2.42. The lowest BCUT2D eigenvalue weighted by Gasteiger charge is -2.43. The topological polar surface area (TPSA) is 49.7 Å². The molecule has 0 aromatic carbocycles. The maximum absolute atomic E-state index is 10.1. The predicted octanol–water partition coefficient (Wildman–Crippen LogP) is 5.22. The van der Waals surface area contributed by atoms with Crippen LogP contribution in [0.4, 0.5) is 0 Å². The summed E-state index contributed by atoms with van der Waals surface area (Å²) < 4.78 is 6.69. The second-order valence-corrected chi connectivity index (χ2v) is 14.5. The van der Waals surface area contributed by atoms with E-state index in [-0.39, 0.29) is 12.5 Å². The van der Waals surface area contributed by atoms with E-state index < -0.39 is 14.4 Å². The van der Waals surface area contributed by atoms with E-state index in [0.717, 1.165) is 19.4 Å². The third-order valence-corrected chi connectivity index (χ3v) is 11.8. The van der Waals surface area contributed by atoms with Crippen LogP contribution in [0.2, 0.25) is 16.6 Å². The molecule has 0 aliphatic rings. The van der Waals surface area contributed by atoms with Gasteiger partial charge in [-0.3, -0.25) is 0 Å². The SMILES string of the molecule is CC(C)[Si](OC[C@H](C)C[C@H](C)C[C@@H](O)[C@@H](C)CO)(C(C)C)C(C)C. The summed E-state index contributed by atoms with van der Waals surface area (Å²) in [6.45, 7) is 21.2. The third kappa shape index (κ3) is 6.78. The lowest BCUT2D eigenvalue weighted by atomic mass is 9.89. The zero-order valence-corrected chi connectivity index (χ0v) is 18.7. The molecule has 0 amide bonds. The first-order valence-electron chi connectivity index (χ1n) is 9.91. The second kappa shape index (κ2) is 10.9. The molecule has 0 radical (unpaired) electrons. The standard InChI is InChI=1S/C20H44O3Si/c1-14(2)24(15(3)4,16(5)6)23-13-18(8)10-17(7)11-20(22)19(9)12-21/h14-22H,10-13H2,1-9H3/t17-,18+,19-,20+/m0/s1. The first-order valence-corrected chi connectivity index (χ1v) is 12.1. The van der Waals surface area contributed by atoms with Crippen molar-refractivity contribution in [2.24, 2.45) is 17.8 Å². The first-order chi connectivity index (χ1) is 11.0. The molecule has 0 saturated heterocycles. The van der Waals surface area contributed by atoms with Gasteiger partial charge in [0.15, 0.2) is 8.32 Å². The van der Waals surface area contributed by atoms with E-state index in [2.05, 4.69) is 55.4 Å². The van der Waals surface area contributed by atoms with Crippen molar-refractivity contribution >= 4 is 8.32 Å². The highest BCUT2D eigenvalue weighted by atomic mass is 28.4.